The van der Waals surface area contributed by atoms with Gasteiger partial charge in [-0.2, -0.15) is 23.4 Å². The van der Waals surface area contributed by atoms with E-state index in [9.17, 15) is 18.0 Å². The van der Waals surface area contributed by atoms with Gasteiger partial charge in [0, 0.05) is 6.20 Å². The molecule has 0 unspecified atom stereocenters. The van der Waals surface area contributed by atoms with Gasteiger partial charge < -0.3 is 14.8 Å². The van der Waals surface area contributed by atoms with Crippen molar-refractivity contribution in [2.24, 2.45) is 0 Å². The van der Waals surface area contributed by atoms with Crippen LogP contribution in [-0.2, 0) is 26.1 Å². The Balaban J connectivity index is 1.28. The number of hydrogen-bond acceptors (Lipinski definition) is 5. The molecule has 2 aromatic carbocycles. The Morgan fingerprint density at radius 1 is 1.00 bits per heavy atom. The first-order valence-electron chi connectivity index (χ1n) is 10.7. The highest BCUT2D eigenvalue weighted by atomic mass is 19.4. The first kappa shape index (κ1) is 23.9. The lowest BCUT2D eigenvalue weighted by Crippen LogP contribution is -2.14. The second-order valence-corrected chi connectivity index (χ2v) is 7.53. The monoisotopic (exact) mass is 485 g/mol. The molecule has 0 atom stereocenters. The molecule has 0 fully saturated rings. The molecule has 0 aliphatic rings. The summed E-state index contributed by atoms with van der Waals surface area (Å²) in [7, 11) is 0. The summed E-state index contributed by atoms with van der Waals surface area (Å²) in [5, 5.41) is 10.9. The lowest BCUT2D eigenvalue weighted by atomic mass is 10.2. The number of ether oxygens (including phenoxy) is 2. The topological polar surface area (TPSA) is 83.2 Å². The molecule has 2 aromatic heterocycles. The molecule has 0 saturated carbocycles. The summed E-state index contributed by atoms with van der Waals surface area (Å²) in [5.74, 6) is 0.275. The molecule has 0 aliphatic carbocycles. The van der Waals surface area contributed by atoms with Crippen molar-refractivity contribution >= 4 is 11.6 Å². The summed E-state index contributed by atoms with van der Waals surface area (Å²) in [5.41, 5.74) is 0.967. The highest BCUT2D eigenvalue weighted by Crippen LogP contribution is 2.31. The lowest BCUT2D eigenvalue weighted by molar-refractivity contribution is -0.137. The molecule has 0 radical (unpaired) electrons. The van der Waals surface area contributed by atoms with Crippen molar-refractivity contribution in [1.82, 2.24) is 19.6 Å². The maximum Gasteiger partial charge on any atom is 0.416 e. The summed E-state index contributed by atoms with van der Waals surface area (Å²) in [6.45, 7) is 2.08. The van der Waals surface area contributed by atoms with Gasteiger partial charge in [-0.1, -0.05) is 25.1 Å². The number of aromatic nitrogens is 4. The number of rotatable bonds is 9. The Bertz CT molecular complexity index is 1280. The third-order valence-corrected chi connectivity index (χ3v) is 4.98. The van der Waals surface area contributed by atoms with E-state index in [1.165, 1.54) is 45.5 Å². The third-order valence-electron chi connectivity index (χ3n) is 4.98. The standard InChI is InChI=1S/C24H22F3N5O3/c1-2-17-6-8-20(9-7-17)34-16-32-14-19(13-28-32)29-23(33)22-10-11-31(30-22)15-35-21-5-3-4-18(12-21)24(25,26)27/h3-14H,2,15-16H2,1H3,(H,29,33). The summed E-state index contributed by atoms with van der Waals surface area (Å²) in [4.78, 5) is 12.5. The van der Waals surface area contributed by atoms with E-state index in [1.54, 1.807) is 6.20 Å². The predicted octanol–water partition coefficient (Wildman–Crippen LogP) is 4.99. The Kier molecular flexibility index (Phi) is 7.04. The number of amides is 1. The number of nitrogens with one attached hydrogen (secondary N) is 1. The molecule has 35 heavy (non-hydrogen) atoms. The largest absolute Gasteiger partial charge is 0.471 e. The zero-order valence-electron chi connectivity index (χ0n) is 18.7. The third kappa shape index (κ3) is 6.40. The lowest BCUT2D eigenvalue weighted by Gasteiger charge is -2.10. The molecular formula is C24H22F3N5O3. The molecule has 1 amide bonds. The van der Waals surface area contributed by atoms with Crippen LogP contribution < -0.4 is 14.8 Å². The number of anilines is 1. The van der Waals surface area contributed by atoms with Gasteiger partial charge in [0.1, 0.15) is 11.5 Å². The maximum atomic E-state index is 12.8. The van der Waals surface area contributed by atoms with E-state index in [0.717, 1.165) is 18.6 Å². The molecule has 182 valence electrons. The van der Waals surface area contributed by atoms with Crippen LogP contribution in [-0.4, -0.2) is 25.5 Å². The number of carbonyl (C=O) groups excluding carboxylic acids is 1. The number of alkyl halides is 3. The van der Waals surface area contributed by atoms with Gasteiger partial charge in [0.15, 0.2) is 19.2 Å². The fraction of sp³-hybridized carbons (Fsp3) is 0.208. The van der Waals surface area contributed by atoms with Gasteiger partial charge >= 0.3 is 6.18 Å². The van der Waals surface area contributed by atoms with Crippen molar-refractivity contribution in [2.75, 3.05) is 5.32 Å². The molecule has 0 aliphatic heterocycles. The second-order valence-electron chi connectivity index (χ2n) is 7.53. The second kappa shape index (κ2) is 10.3. The first-order chi connectivity index (χ1) is 16.8. The van der Waals surface area contributed by atoms with E-state index >= 15 is 0 Å². The van der Waals surface area contributed by atoms with Crippen LogP contribution in [0.15, 0.2) is 73.2 Å². The fourth-order valence-corrected chi connectivity index (χ4v) is 3.11. The molecule has 2 heterocycles. The molecule has 8 nitrogen and oxygen atoms in total. The minimum Gasteiger partial charge on any atom is -0.471 e. The van der Waals surface area contributed by atoms with Gasteiger partial charge in [0.05, 0.1) is 23.6 Å². The van der Waals surface area contributed by atoms with Crippen LogP contribution in [0.5, 0.6) is 11.5 Å². The summed E-state index contributed by atoms with van der Waals surface area (Å²) >= 11 is 0. The smallest absolute Gasteiger partial charge is 0.416 e. The first-order valence-corrected chi connectivity index (χ1v) is 10.7. The number of hydrogen-bond donors (Lipinski definition) is 1. The Hall–Kier alpha value is -4.28. The Morgan fingerprint density at radius 3 is 2.49 bits per heavy atom. The van der Waals surface area contributed by atoms with Crippen LogP contribution in [0.3, 0.4) is 0 Å². The van der Waals surface area contributed by atoms with Crippen LogP contribution in [0.2, 0.25) is 0 Å². The minimum atomic E-state index is -4.46. The van der Waals surface area contributed by atoms with E-state index < -0.39 is 17.6 Å². The normalized spacial score (nSPS) is 11.3. The van der Waals surface area contributed by atoms with Crippen molar-refractivity contribution < 1.29 is 27.4 Å². The molecule has 1 N–H and O–H groups in total. The molecule has 0 spiro atoms. The number of halogens is 3. The van der Waals surface area contributed by atoms with Gasteiger partial charge in [-0.25, -0.2) is 9.36 Å². The SMILES string of the molecule is CCc1ccc(OCn2cc(NC(=O)c3ccn(COc4cccc(C(F)(F)F)c4)n3)cn2)cc1. The summed E-state index contributed by atoms with van der Waals surface area (Å²) < 4.78 is 52.3. The van der Waals surface area contributed by atoms with Crippen LogP contribution in [0.25, 0.3) is 0 Å². The molecule has 0 saturated heterocycles. The van der Waals surface area contributed by atoms with Gasteiger partial charge in [-0.3, -0.25) is 4.79 Å². The molecule has 0 bridgehead atoms. The van der Waals surface area contributed by atoms with E-state index in [0.29, 0.717) is 11.4 Å². The average molecular weight is 485 g/mol. The number of nitrogens with zero attached hydrogens (tertiary/aromatic N) is 4. The van der Waals surface area contributed by atoms with Crippen LogP contribution in [0.1, 0.15) is 28.5 Å². The van der Waals surface area contributed by atoms with Gasteiger partial charge in [-0.15, -0.1) is 0 Å². The number of carbonyl (C=O) groups is 1. The van der Waals surface area contributed by atoms with Crippen LogP contribution >= 0.6 is 0 Å². The summed E-state index contributed by atoms with van der Waals surface area (Å²) in [6, 6.07) is 13.8. The maximum absolute atomic E-state index is 12.8. The Labute approximate surface area is 198 Å². The molecule has 4 rings (SSSR count). The van der Waals surface area contributed by atoms with Crippen LogP contribution in [0, 0.1) is 0 Å². The highest BCUT2D eigenvalue weighted by Gasteiger charge is 2.30. The summed E-state index contributed by atoms with van der Waals surface area (Å²) in [6.07, 6.45) is 1.07. The Morgan fingerprint density at radius 2 is 1.74 bits per heavy atom. The van der Waals surface area contributed by atoms with E-state index in [4.69, 9.17) is 9.47 Å². The van der Waals surface area contributed by atoms with E-state index in [1.807, 2.05) is 24.3 Å². The quantitative estimate of drug-likeness (QED) is 0.361. The fourth-order valence-electron chi connectivity index (χ4n) is 3.11. The van der Waals surface area contributed by atoms with Crippen LogP contribution in [0.4, 0.5) is 18.9 Å². The average Bonchev–Trinajstić information content (AvgIpc) is 3.51. The molecule has 11 heteroatoms. The predicted molar refractivity (Wildman–Crippen MR) is 121 cm³/mol. The van der Waals surface area contributed by atoms with Crippen molar-refractivity contribution in [3.05, 3.63) is 90.0 Å². The zero-order valence-corrected chi connectivity index (χ0v) is 18.7. The van der Waals surface area contributed by atoms with Crippen molar-refractivity contribution in [3.8, 4) is 11.5 Å². The van der Waals surface area contributed by atoms with Gasteiger partial charge in [0.25, 0.3) is 5.91 Å². The number of benzene rings is 2. The van der Waals surface area contributed by atoms with Crippen molar-refractivity contribution in [2.45, 2.75) is 33.0 Å². The number of aryl methyl sites for hydroxylation is 1. The van der Waals surface area contributed by atoms with E-state index in [2.05, 4.69) is 22.4 Å². The highest BCUT2D eigenvalue weighted by molar-refractivity contribution is 6.02. The minimum absolute atomic E-state index is 0.0391. The van der Waals surface area contributed by atoms with Crippen molar-refractivity contribution in [1.29, 1.82) is 0 Å². The van der Waals surface area contributed by atoms with Gasteiger partial charge in [-0.05, 0) is 48.4 Å². The van der Waals surface area contributed by atoms with E-state index in [-0.39, 0.29) is 24.9 Å². The zero-order chi connectivity index (χ0) is 24.8. The van der Waals surface area contributed by atoms with Crippen molar-refractivity contribution in [3.63, 3.8) is 0 Å². The molecule has 4 aromatic rings. The van der Waals surface area contributed by atoms with Gasteiger partial charge in [0.2, 0.25) is 0 Å². The molecular weight excluding hydrogens is 463 g/mol.